The zero-order valence-electron chi connectivity index (χ0n) is 11.2. The quantitative estimate of drug-likeness (QED) is 0.869. The first-order chi connectivity index (χ1) is 7.78. The van der Waals surface area contributed by atoms with Crippen molar-refractivity contribution in [3.05, 3.63) is 10.6 Å². The van der Waals surface area contributed by atoms with Crippen molar-refractivity contribution >= 4 is 22.4 Å². The minimum Gasteiger partial charge on any atom is -0.361 e. The van der Waals surface area contributed by atoms with Crippen molar-refractivity contribution in [3.8, 4) is 0 Å². The van der Waals surface area contributed by atoms with E-state index in [9.17, 15) is 4.79 Å². The molecule has 5 heteroatoms. The van der Waals surface area contributed by atoms with E-state index >= 15 is 0 Å². The second-order valence-electron chi connectivity index (χ2n) is 5.14. The number of hydrogen-bond acceptors (Lipinski definition) is 4. The summed E-state index contributed by atoms with van der Waals surface area (Å²) in [6.45, 7) is 10.6. The van der Waals surface area contributed by atoms with Crippen LogP contribution in [0.4, 0.5) is 5.13 Å². The lowest BCUT2D eigenvalue weighted by molar-refractivity contribution is -0.122. The summed E-state index contributed by atoms with van der Waals surface area (Å²) in [4.78, 5) is 17.1. The minimum absolute atomic E-state index is 0.0648. The zero-order valence-corrected chi connectivity index (χ0v) is 12.0. The molecule has 1 heterocycles. The average Bonchev–Trinajstić information content (AvgIpc) is 2.43. The summed E-state index contributed by atoms with van der Waals surface area (Å²) in [6.07, 6.45) is 0.467. The predicted octanol–water partition coefficient (Wildman–Crippen LogP) is 2.48. The largest absolute Gasteiger partial charge is 0.361 e. The number of rotatable bonds is 4. The molecule has 0 spiro atoms. The van der Waals surface area contributed by atoms with Crippen LogP contribution in [-0.2, 0) is 4.79 Å². The van der Waals surface area contributed by atoms with E-state index in [2.05, 4.69) is 15.6 Å². The highest BCUT2D eigenvalue weighted by atomic mass is 32.1. The third kappa shape index (κ3) is 5.17. The number of anilines is 1. The van der Waals surface area contributed by atoms with Gasteiger partial charge in [0.2, 0.25) is 5.91 Å². The summed E-state index contributed by atoms with van der Waals surface area (Å²) in [5.74, 6) is 0.0648. The molecule has 2 N–H and O–H groups in total. The standard InChI is InChI=1S/C12H21N3OS/c1-8-9(2)17-11(14-8)13-7-6-10(16)15-12(3,4)5/h6-7H2,1-5H3,(H,13,14)(H,15,16). The van der Waals surface area contributed by atoms with Crippen molar-refractivity contribution < 1.29 is 4.79 Å². The van der Waals surface area contributed by atoms with Crippen LogP contribution in [0.3, 0.4) is 0 Å². The highest BCUT2D eigenvalue weighted by molar-refractivity contribution is 7.15. The summed E-state index contributed by atoms with van der Waals surface area (Å²) in [6, 6.07) is 0. The molecule has 96 valence electrons. The maximum Gasteiger partial charge on any atom is 0.222 e. The molecule has 1 aromatic rings. The Morgan fingerprint density at radius 2 is 2.00 bits per heavy atom. The van der Waals surface area contributed by atoms with E-state index < -0.39 is 0 Å². The van der Waals surface area contributed by atoms with Crippen LogP contribution in [0.5, 0.6) is 0 Å². The molecule has 0 saturated heterocycles. The SMILES string of the molecule is Cc1nc(NCCC(=O)NC(C)(C)C)sc1C. The highest BCUT2D eigenvalue weighted by Gasteiger charge is 2.13. The lowest BCUT2D eigenvalue weighted by Crippen LogP contribution is -2.41. The van der Waals surface area contributed by atoms with Gasteiger partial charge < -0.3 is 10.6 Å². The summed E-state index contributed by atoms with van der Waals surface area (Å²) in [5.41, 5.74) is 0.891. The van der Waals surface area contributed by atoms with Gasteiger partial charge in [-0.15, -0.1) is 11.3 Å². The average molecular weight is 255 g/mol. The van der Waals surface area contributed by atoms with Gasteiger partial charge in [0.05, 0.1) is 5.69 Å². The Balaban J connectivity index is 2.31. The maximum absolute atomic E-state index is 11.6. The minimum atomic E-state index is -0.161. The number of aromatic nitrogens is 1. The number of aryl methyl sites for hydroxylation is 2. The van der Waals surface area contributed by atoms with Crippen molar-refractivity contribution in [2.75, 3.05) is 11.9 Å². The van der Waals surface area contributed by atoms with Crippen molar-refractivity contribution in [3.63, 3.8) is 0 Å². The fourth-order valence-corrected chi connectivity index (χ4v) is 2.15. The molecule has 0 radical (unpaired) electrons. The maximum atomic E-state index is 11.6. The number of carbonyl (C=O) groups excluding carboxylic acids is 1. The molecule has 0 aromatic carbocycles. The van der Waals surface area contributed by atoms with E-state index in [1.54, 1.807) is 11.3 Å². The van der Waals surface area contributed by atoms with Crippen LogP contribution in [0.15, 0.2) is 0 Å². The molecule has 1 rings (SSSR count). The Morgan fingerprint density at radius 3 is 2.47 bits per heavy atom. The van der Waals surface area contributed by atoms with Crippen LogP contribution in [0, 0.1) is 13.8 Å². The number of nitrogens with one attached hydrogen (secondary N) is 2. The topological polar surface area (TPSA) is 54.0 Å². The molecular weight excluding hydrogens is 234 g/mol. The fraction of sp³-hybridized carbons (Fsp3) is 0.667. The van der Waals surface area contributed by atoms with E-state index in [0.29, 0.717) is 13.0 Å². The Bertz CT molecular complexity index is 373. The lowest BCUT2D eigenvalue weighted by atomic mass is 10.1. The van der Waals surface area contributed by atoms with Crippen LogP contribution in [-0.4, -0.2) is 23.0 Å². The third-order valence-electron chi connectivity index (χ3n) is 2.17. The van der Waals surface area contributed by atoms with E-state index in [0.717, 1.165) is 10.8 Å². The third-order valence-corrected chi connectivity index (χ3v) is 3.20. The Labute approximate surface area is 107 Å². The fourth-order valence-electron chi connectivity index (χ4n) is 1.31. The molecule has 0 fully saturated rings. The molecule has 0 aliphatic rings. The number of nitrogens with zero attached hydrogens (tertiary/aromatic N) is 1. The van der Waals surface area contributed by atoms with Gasteiger partial charge >= 0.3 is 0 Å². The van der Waals surface area contributed by atoms with Crippen molar-refractivity contribution in [1.29, 1.82) is 0 Å². The molecule has 1 aromatic heterocycles. The van der Waals surface area contributed by atoms with Crippen molar-refractivity contribution in [2.24, 2.45) is 0 Å². The second kappa shape index (κ2) is 5.49. The van der Waals surface area contributed by atoms with Crippen molar-refractivity contribution in [1.82, 2.24) is 10.3 Å². The second-order valence-corrected chi connectivity index (χ2v) is 6.34. The lowest BCUT2D eigenvalue weighted by Gasteiger charge is -2.20. The molecule has 17 heavy (non-hydrogen) atoms. The predicted molar refractivity (Wildman–Crippen MR) is 72.6 cm³/mol. The van der Waals surface area contributed by atoms with E-state index in [-0.39, 0.29) is 11.4 Å². The van der Waals surface area contributed by atoms with Gasteiger partial charge in [-0.1, -0.05) is 0 Å². The van der Waals surface area contributed by atoms with Gasteiger partial charge in [-0.05, 0) is 34.6 Å². The first kappa shape index (κ1) is 14.0. The molecule has 0 aliphatic carbocycles. The van der Waals surface area contributed by atoms with Crippen LogP contribution < -0.4 is 10.6 Å². The molecule has 0 saturated carbocycles. The number of carbonyl (C=O) groups is 1. The number of amides is 1. The Morgan fingerprint density at radius 1 is 1.35 bits per heavy atom. The van der Waals surface area contributed by atoms with Gasteiger partial charge in [0.25, 0.3) is 0 Å². The Hall–Kier alpha value is -1.10. The van der Waals surface area contributed by atoms with Gasteiger partial charge in [0, 0.05) is 23.4 Å². The molecule has 0 unspecified atom stereocenters. The normalized spacial score (nSPS) is 11.4. The summed E-state index contributed by atoms with van der Waals surface area (Å²) in [7, 11) is 0. The van der Waals surface area contributed by atoms with E-state index in [4.69, 9.17) is 0 Å². The molecular formula is C12H21N3OS. The van der Waals surface area contributed by atoms with Gasteiger partial charge in [-0.3, -0.25) is 4.79 Å². The number of hydrogen-bond donors (Lipinski definition) is 2. The van der Waals surface area contributed by atoms with Gasteiger partial charge in [-0.25, -0.2) is 4.98 Å². The van der Waals surface area contributed by atoms with Gasteiger partial charge in [0.15, 0.2) is 5.13 Å². The summed E-state index contributed by atoms with van der Waals surface area (Å²) < 4.78 is 0. The molecule has 1 amide bonds. The van der Waals surface area contributed by atoms with E-state index in [1.165, 1.54) is 4.88 Å². The van der Waals surface area contributed by atoms with Crippen molar-refractivity contribution in [2.45, 2.75) is 46.6 Å². The molecule has 0 aliphatic heterocycles. The first-order valence-electron chi connectivity index (χ1n) is 5.77. The molecule has 0 atom stereocenters. The monoisotopic (exact) mass is 255 g/mol. The first-order valence-corrected chi connectivity index (χ1v) is 6.58. The van der Waals surface area contributed by atoms with Crippen LogP contribution in [0.2, 0.25) is 0 Å². The van der Waals surface area contributed by atoms with Crippen LogP contribution >= 0.6 is 11.3 Å². The van der Waals surface area contributed by atoms with Crippen LogP contribution in [0.25, 0.3) is 0 Å². The molecule has 4 nitrogen and oxygen atoms in total. The summed E-state index contributed by atoms with van der Waals surface area (Å²) in [5, 5.41) is 6.99. The number of thiazole rings is 1. The zero-order chi connectivity index (χ0) is 13.1. The van der Waals surface area contributed by atoms with Gasteiger partial charge in [-0.2, -0.15) is 0 Å². The summed E-state index contributed by atoms with van der Waals surface area (Å²) >= 11 is 1.63. The van der Waals surface area contributed by atoms with Crippen LogP contribution in [0.1, 0.15) is 37.8 Å². The van der Waals surface area contributed by atoms with E-state index in [1.807, 2.05) is 34.6 Å². The smallest absolute Gasteiger partial charge is 0.222 e. The molecule has 0 bridgehead atoms. The highest BCUT2D eigenvalue weighted by Crippen LogP contribution is 2.20. The van der Waals surface area contributed by atoms with Gasteiger partial charge in [0.1, 0.15) is 0 Å². The Kier molecular flexibility index (Phi) is 4.51.